The van der Waals surface area contributed by atoms with Crippen molar-refractivity contribution in [1.29, 1.82) is 0 Å². The second-order valence-corrected chi connectivity index (χ2v) is 5.55. The van der Waals surface area contributed by atoms with Gasteiger partial charge in [0.1, 0.15) is 5.82 Å². The molecular weight excluding hydrogens is 291 g/mol. The SMILES string of the molecule is NC(=O)c1ccc(CN2CCc3cc(Cl)ccc32)c(F)c1. The van der Waals surface area contributed by atoms with Gasteiger partial charge in [-0.05, 0) is 42.3 Å². The number of primary amides is 1. The molecule has 0 radical (unpaired) electrons. The third-order valence-corrected chi connectivity index (χ3v) is 3.97. The average Bonchev–Trinajstić information content (AvgIpc) is 2.83. The minimum atomic E-state index is -0.624. The number of nitrogens with zero attached hydrogens (tertiary/aromatic N) is 1. The average molecular weight is 305 g/mol. The molecule has 0 aromatic heterocycles. The smallest absolute Gasteiger partial charge is 0.248 e. The van der Waals surface area contributed by atoms with Crippen LogP contribution in [0.2, 0.25) is 5.02 Å². The Hall–Kier alpha value is -2.07. The zero-order valence-electron chi connectivity index (χ0n) is 11.3. The van der Waals surface area contributed by atoms with Gasteiger partial charge in [-0.15, -0.1) is 0 Å². The van der Waals surface area contributed by atoms with Crippen LogP contribution in [0.3, 0.4) is 0 Å². The highest BCUT2D eigenvalue weighted by atomic mass is 35.5. The Labute approximate surface area is 127 Å². The van der Waals surface area contributed by atoms with Crippen LogP contribution in [0.15, 0.2) is 36.4 Å². The second-order valence-electron chi connectivity index (χ2n) is 5.12. The molecule has 0 bridgehead atoms. The normalized spacial score (nSPS) is 13.3. The molecule has 5 heteroatoms. The molecule has 21 heavy (non-hydrogen) atoms. The highest BCUT2D eigenvalue weighted by Gasteiger charge is 2.20. The van der Waals surface area contributed by atoms with Gasteiger partial charge in [0.2, 0.25) is 5.91 Å². The maximum absolute atomic E-state index is 14.0. The third kappa shape index (κ3) is 2.72. The van der Waals surface area contributed by atoms with Gasteiger partial charge in [-0.1, -0.05) is 17.7 Å². The number of carbonyl (C=O) groups is 1. The van der Waals surface area contributed by atoms with E-state index in [4.69, 9.17) is 17.3 Å². The van der Waals surface area contributed by atoms with Gasteiger partial charge in [-0.3, -0.25) is 4.79 Å². The lowest BCUT2D eigenvalue weighted by molar-refractivity contribution is 0.1000. The van der Waals surface area contributed by atoms with Crippen molar-refractivity contribution in [2.75, 3.05) is 11.4 Å². The molecule has 108 valence electrons. The summed E-state index contributed by atoms with van der Waals surface area (Å²) in [5.74, 6) is -1.03. The first-order valence-corrected chi connectivity index (χ1v) is 7.04. The van der Waals surface area contributed by atoms with E-state index >= 15 is 0 Å². The molecule has 1 amide bonds. The summed E-state index contributed by atoms with van der Waals surface area (Å²) in [4.78, 5) is 13.1. The van der Waals surface area contributed by atoms with E-state index in [2.05, 4.69) is 4.90 Å². The lowest BCUT2D eigenvalue weighted by Gasteiger charge is -2.20. The number of amides is 1. The summed E-state index contributed by atoms with van der Waals surface area (Å²) in [6, 6.07) is 10.1. The molecule has 3 nitrogen and oxygen atoms in total. The van der Waals surface area contributed by atoms with Crippen LogP contribution in [-0.4, -0.2) is 12.5 Å². The van der Waals surface area contributed by atoms with Crippen LogP contribution < -0.4 is 10.6 Å². The van der Waals surface area contributed by atoms with E-state index in [1.807, 2.05) is 18.2 Å². The van der Waals surface area contributed by atoms with Gasteiger partial charge in [0.05, 0.1) is 0 Å². The first-order valence-electron chi connectivity index (χ1n) is 6.66. The zero-order valence-corrected chi connectivity index (χ0v) is 12.0. The predicted octanol–water partition coefficient (Wildman–Crippen LogP) is 3.14. The number of benzene rings is 2. The van der Waals surface area contributed by atoms with E-state index in [9.17, 15) is 9.18 Å². The number of anilines is 1. The lowest BCUT2D eigenvalue weighted by Crippen LogP contribution is -2.20. The highest BCUT2D eigenvalue weighted by Crippen LogP contribution is 2.31. The van der Waals surface area contributed by atoms with Crippen LogP contribution >= 0.6 is 11.6 Å². The van der Waals surface area contributed by atoms with Crippen molar-refractivity contribution in [1.82, 2.24) is 0 Å². The minimum absolute atomic E-state index is 0.185. The lowest BCUT2D eigenvalue weighted by atomic mass is 10.1. The summed E-state index contributed by atoms with van der Waals surface area (Å²) >= 11 is 5.98. The molecule has 0 atom stereocenters. The van der Waals surface area contributed by atoms with Crippen molar-refractivity contribution in [2.24, 2.45) is 5.73 Å². The number of halogens is 2. The highest BCUT2D eigenvalue weighted by molar-refractivity contribution is 6.30. The number of hydrogen-bond donors (Lipinski definition) is 1. The first kappa shape index (κ1) is 13.9. The van der Waals surface area contributed by atoms with Crippen LogP contribution in [-0.2, 0) is 13.0 Å². The molecule has 1 heterocycles. The number of rotatable bonds is 3. The van der Waals surface area contributed by atoms with E-state index in [0.29, 0.717) is 17.1 Å². The largest absolute Gasteiger partial charge is 0.367 e. The Bertz CT molecular complexity index is 717. The Morgan fingerprint density at radius 1 is 1.29 bits per heavy atom. The molecular formula is C16H14ClFN2O. The van der Waals surface area contributed by atoms with Crippen molar-refractivity contribution in [3.63, 3.8) is 0 Å². The topological polar surface area (TPSA) is 46.3 Å². The van der Waals surface area contributed by atoms with Crippen LogP contribution in [0.5, 0.6) is 0 Å². The first-order chi connectivity index (χ1) is 10.0. The maximum Gasteiger partial charge on any atom is 0.248 e. The van der Waals surface area contributed by atoms with Crippen molar-refractivity contribution in [3.05, 3.63) is 63.9 Å². The number of nitrogens with two attached hydrogens (primary N) is 1. The van der Waals surface area contributed by atoms with Gasteiger partial charge in [-0.25, -0.2) is 4.39 Å². The van der Waals surface area contributed by atoms with E-state index in [0.717, 1.165) is 18.7 Å². The summed E-state index contributed by atoms with van der Waals surface area (Å²) in [5, 5.41) is 0.715. The van der Waals surface area contributed by atoms with Crippen LogP contribution in [0.1, 0.15) is 21.5 Å². The number of hydrogen-bond acceptors (Lipinski definition) is 2. The van der Waals surface area contributed by atoms with E-state index < -0.39 is 11.7 Å². The van der Waals surface area contributed by atoms with E-state index in [1.54, 1.807) is 12.1 Å². The standard InChI is InChI=1S/C16H14ClFN2O/c17-13-3-4-15-10(7-13)5-6-20(15)9-12-2-1-11(16(19)21)8-14(12)18/h1-4,7-8H,5-6,9H2,(H2,19,21). The summed E-state index contributed by atoms with van der Waals surface area (Å²) in [7, 11) is 0. The fraction of sp³-hybridized carbons (Fsp3) is 0.188. The molecule has 0 fully saturated rings. The molecule has 2 aromatic carbocycles. The van der Waals surface area contributed by atoms with Crippen molar-refractivity contribution in [2.45, 2.75) is 13.0 Å². The third-order valence-electron chi connectivity index (χ3n) is 3.73. The molecule has 0 saturated carbocycles. The van der Waals surface area contributed by atoms with Crippen molar-refractivity contribution >= 4 is 23.2 Å². The van der Waals surface area contributed by atoms with Crippen LogP contribution in [0.4, 0.5) is 10.1 Å². The summed E-state index contributed by atoms with van der Waals surface area (Å²) in [5.41, 5.74) is 8.13. The zero-order chi connectivity index (χ0) is 15.0. The summed E-state index contributed by atoms with van der Waals surface area (Å²) < 4.78 is 14.0. The summed E-state index contributed by atoms with van der Waals surface area (Å²) in [6.07, 6.45) is 0.900. The molecule has 0 saturated heterocycles. The van der Waals surface area contributed by atoms with Gasteiger partial charge in [0, 0.05) is 34.9 Å². The molecule has 1 aliphatic heterocycles. The Kier molecular flexibility index (Phi) is 3.55. The maximum atomic E-state index is 14.0. The molecule has 3 rings (SSSR count). The quantitative estimate of drug-likeness (QED) is 0.947. The fourth-order valence-corrected chi connectivity index (χ4v) is 2.83. The monoisotopic (exact) mass is 304 g/mol. The van der Waals surface area contributed by atoms with Crippen LogP contribution in [0.25, 0.3) is 0 Å². The molecule has 0 unspecified atom stereocenters. The van der Waals surface area contributed by atoms with Gasteiger partial charge < -0.3 is 10.6 Å². The minimum Gasteiger partial charge on any atom is -0.367 e. The van der Waals surface area contributed by atoms with Gasteiger partial charge in [-0.2, -0.15) is 0 Å². The molecule has 0 aliphatic carbocycles. The van der Waals surface area contributed by atoms with E-state index in [-0.39, 0.29) is 5.56 Å². The van der Waals surface area contributed by atoms with Gasteiger partial charge in [0.25, 0.3) is 0 Å². The molecule has 2 aromatic rings. The van der Waals surface area contributed by atoms with Crippen molar-refractivity contribution in [3.8, 4) is 0 Å². The second kappa shape index (κ2) is 5.37. The Balaban J connectivity index is 1.84. The van der Waals surface area contributed by atoms with E-state index in [1.165, 1.54) is 11.6 Å². The summed E-state index contributed by atoms with van der Waals surface area (Å²) in [6.45, 7) is 1.28. The fourth-order valence-electron chi connectivity index (χ4n) is 2.64. The van der Waals surface area contributed by atoms with Crippen molar-refractivity contribution < 1.29 is 9.18 Å². The predicted molar refractivity (Wildman–Crippen MR) is 81.1 cm³/mol. The molecule has 1 aliphatic rings. The Morgan fingerprint density at radius 3 is 2.81 bits per heavy atom. The molecule has 0 spiro atoms. The number of fused-ring (bicyclic) bond motifs is 1. The number of carbonyl (C=O) groups excluding carboxylic acids is 1. The van der Waals surface area contributed by atoms with Crippen LogP contribution in [0, 0.1) is 5.82 Å². The Morgan fingerprint density at radius 2 is 2.10 bits per heavy atom. The van der Waals surface area contributed by atoms with Gasteiger partial charge in [0.15, 0.2) is 0 Å². The van der Waals surface area contributed by atoms with Gasteiger partial charge >= 0.3 is 0 Å². The molecule has 2 N–H and O–H groups in total.